The van der Waals surface area contributed by atoms with Gasteiger partial charge in [-0.1, -0.05) is 6.07 Å². The fraction of sp³-hybridized carbons (Fsp3) is 0.167. The van der Waals surface area contributed by atoms with Crippen LogP contribution in [-0.2, 0) is 7.05 Å². The normalized spacial score (nSPS) is 9.94. The van der Waals surface area contributed by atoms with E-state index in [2.05, 4.69) is 11.2 Å². The van der Waals surface area contributed by atoms with Crippen molar-refractivity contribution in [2.75, 3.05) is 5.73 Å². The van der Waals surface area contributed by atoms with Crippen molar-refractivity contribution in [2.45, 2.75) is 6.92 Å². The van der Waals surface area contributed by atoms with Crippen LogP contribution in [0.1, 0.15) is 11.1 Å². The minimum Gasteiger partial charge on any atom is -0.436 e. The number of hydrogen-bond donors (Lipinski definition) is 1. The van der Waals surface area contributed by atoms with Crippen LogP contribution < -0.4 is 10.5 Å². The quantitative estimate of drug-likeness (QED) is 0.852. The molecule has 1 aromatic carbocycles. The van der Waals surface area contributed by atoms with E-state index >= 15 is 0 Å². The lowest BCUT2D eigenvalue weighted by Gasteiger charge is -2.06. The third-order valence-electron chi connectivity index (χ3n) is 2.35. The summed E-state index contributed by atoms with van der Waals surface area (Å²) in [6.07, 6.45) is 1.67. The molecule has 0 fully saturated rings. The highest BCUT2D eigenvalue weighted by molar-refractivity contribution is 5.50. The van der Waals surface area contributed by atoms with Crippen molar-refractivity contribution in [1.82, 2.24) is 9.78 Å². The van der Waals surface area contributed by atoms with Crippen molar-refractivity contribution in [3.05, 3.63) is 35.5 Å². The van der Waals surface area contributed by atoms with Crippen LogP contribution in [0.2, 0.25) is 0 Å². The van der Waals surface area contributed by atoms with Crippen LogP contribution in [0.15, 0.2) is 24.4 Å². The number of aromatic nitrogens is 2. The van der Waals surface area contributed by atoms with Gasteiger partial charge in [-0.3, -0.25) is 4.68 Å². The molecule has 5 heteroatoms. The summed E-state index contributed by atoms with van der Waals surface area (Å²) < 4.78 is 7.17. The first-order valence-electron chi connectivity index (χ1n) is 5.08. The maximum Gasteiger partial charge on any atom is 0.261 e. The number of ether oxygens (including phenoxy) is 1. The van der Waals surface area contributed by atoms with Crippen LogP contribution in [0.3, 0.4) is 0 Å². The molecule has 86 valence electrons. The molecule has 0 saturated heterocycles. The van der Waals surface area contributed by atoms with Gasteiger partial charge < -0.3 is 10.5 Å². The highest BCUT2D eigenvalue weighted by Crippen LogP contribution is 2.28. The van der Waals surface area contributed by atoms with Crippen molar-refractivity contribution in [1.29, 1.82) is 5.26 Å². The van der Waals surface area contributed by atoms with E-state index in [0.717, 1.165) is 5.56 Å². The van der Waals surface area contributed by atoms with Gasteiger partial charge in [0.1, 0.15) is 11.4 Å². The molecule has 2 aromatic rings. The first-order valence-corrected chi connectivity index (χ1v) is 5.08. The van der Waals surface area contributed by atoms with Gasteiger partial charge >= 0.3 is 0 Å². The number of hydrogen-bond acceptors (Lipinski definition) is 4. The fourth-order valence-electron chi connectivity index (χ4n) is 1.45. The minimum atomic E-state index is 0.352. The standard InChI is InChI=1S/C12H12N4O/c1-8-3-4-9(6-13)5-11(8)17-12-10(14)7-16(2)15-12/h3-5,7H,14H2,1-2H3. The number of benzene rings is 1. The summed E-state index contributed by atoms with van der Waals surface area (Å²) >= 11 is 0. The Labute approximate surface area is 99.0 Å². The van der Waals surface area contributed by atoms with Gasteiger partial charge in [0.05, 0.1) is 17.8 Å². The summed E-state index contributed by atoms with van der Waals surface area (Å²) in [5.74, 6) is 0.945. The number of nitrogens with two attached hydrogens (primary N) is 1. The Morgan fingerprint density at radius 2 is 2.24 bits per heavy atom. The lowest BCUT2D eigenvalue weighted by Crippen LogP contribution is -1.93. The number of nitrogens with zero attached hydrogens (tertiary/aromatic N) is 3. The molecule has 0 spiro atoms. The van der Waals surface area contributed by atoms with Gasteiger partial charge in [0, 0.05) is 7.05 Å². The zero-order chi connectivity index (χ0) is 12.4. The molecule has 0 atom stereocenters. The average molecular weight is 228 g/mol. The van der Waals surface area contributed by atoms with Crippen molar-refractivity contribution in [2.24, 2.45) is 7.05 Å². The molecule has 1 aromatic heterocycles. The van der Waals surface area contributed by atoms with E-state index in [9.17, 15) is 0 Å². The average Bonchev–Trinajstić information content (AvgIpc) is 2.60. The van der Waals surface area contributed by atoms with Gasteiger partial charge in [-0.05, 0) is 24.6 Å². The zero-order valence-corrected chi connectivity index (χ0v) is 9.64. The Morgan fingerprint density at radius 3 is 2.82 bits per heavy atom. The summed E-state index contributed by atoms with van der Waals surface area (Å²) in [6, 6.07) is 7.30. The van der Waals surface area contributed by atoms with Crippen molar-refractivity contribution in [3.63, 3.8) is 0 Å². The maximum absolute atomic E-state index is 8.83. The van der Waals surface area contributed by atoms with Crippen molar-refractivity contribution >= 4 is 5.69 Å². The van der Waals surface area contributed by atoms with Gasteiger partial charge in [-0.2, -0.15) is 5.26 Å². The molecule has 0 saturated carbocycles. The molecule has 2 N–H and O–H groups in total. The second-order valence-electron chi connectivity index (χ2n) is 3.76. The van der Waals surface area contributed by atoms with Crippen LogP contribution in [-0.4, -0.2) is 9.78 Å². The molecule has 0 radical (unpaired) electrons. The van der Waals surface area contributed by atoms with Crippen LogP contribution in [0.4, 0.5) is 5.69 Å². The second kappa shape index (κ2) is 4.18. The van der Waals surface area contributed by atoms with Gasteiger partial charge in [0.25, 0.3) is 5.88 Å². The number of aryl methyl sites for hydroxylation is 2. The molecule has 0 bridgehead atoms. The van der Waals surface area contributed by atoms with Gasteiger partial charge in [0.15, 0.2) is 0 Å². The molecular formula is C12H12N4O. The van der Waals surface area contributed by atoms with Gasteiger partial charge in [0.2, 0.25) is 0 Å². The van der Waals surface area contributed by atoms with E-state index < -0.39 is 0 Å². The monoisotopic (exact) mass is 228 g/mol. The van der Waals surface area contributed by atoms with Crippen LogP contribution in [0.5, 0.6) is 11.6 Å². The fourth-order valence-corrected chi connectivity index (χ4v) is 1.45. The highest BCUT2D eigenvalue weighted by Gasteiger charge is 2.09. The van der Waals surface area contributed by atoms with E-state index in [1.54, 1.807) is 30.1 Å². The number of anilines is 1. The Hall–Kier alpha value is -2.48. The molecule has 0 amide bonds. The Kier molecular flexibility index (Phi) is 2.71. The lowest BCUT2D eigenvalue weighted by molar-refractivity contribution is 0.452. The summed E-state index contributed by atoms with van der Waals surface area (Å²) in [6.45, 7) is 1.90. The predicted octanol–water partition coefficient (Wildman–Crippen LogP) is 1.97. The highest BCUT2D eigenvalue weighted by atomic mass is 16.5. The van der Waals surface area contributed by atoms with Crippen LogP contribution >= 0.6 is 0 Å². The van der Waals surface area contributed by atoms with E-state index in [1.807, 2.05) is 13.0 Å². The Bertz CT molecular complexity index is 595. The molecule has 1 heterocycles. The zero-order valence-electron chi connectivity index (χ0n) is 9.64. The molecule has 17 heavy (non-hydrogen) atoms. The van der Waals surface area contributed by atoms with Crippen molar-refractivity contribution < 1.29 is 4.74 Å². The summed E-state index contributed by atoms with van der Waals surface area (Å²) in [4.78, 5) is 0. The van der Waals surface area contributed by atoms with Crippen LogP contribution in [0, 0.1) is 18.3 Å². The third-order valence-corrected chi connectivity index (χ3v) is 2.35. The Morgan fingerprint density at radius 1 is 1.47 bits per heavy atom. The molecule has 0 unspecified atom stereocenters. The van der Waals surface area contributed by atoms with E-state index in [-0.39, 0.29) is 0 Å². The van der Waals surface area contributed by atoms with Crippen LogP contribution in [0.25, 0.3) is 0 Å². The topological polar surface area (TPSA) is 76.9 Å². The van der Waals surface area contributed by atoms with Crippen molar-refractivity contribution in [3.8, 4) is 17.7 Å². The smallest absolute Gasteiger partial charge is 0.261 e. The predicted molar refractivity (Wildman–Crippen MR) is 63.6 cm³/mol. The maximum atomic E-state index is 8.83. The summed E-state index contributed by atoms with van der Waals surface area (Å²) in [7, 11) is 1.77. The molecule has 0 aliphatic rings. The lowest BCUT2D eigenvalue weighted by atomic mass is 10.1. The van der Waals surface area contributed by atoms with E-state index in [4.69, 9.17) is 15.7 Å². The van der Waals surface area contributed by atoms with Gasteiger partial charge in [-0.25, -0.2) is 0 Å². The first kappa shape index (κ1) is 11.0. The molecular weight excluding hydrogens is 216 g/mol. The largest absolute Gasteiger partial charge is 0.436 e. The van der Waals surface area contributed by atoms with E-state index in [1.165, 1.54) is 0 Å². The molecule has 0 aliphatic heterocycles. The number of rotatable bonds is 2. The van der Waals surface area contributed by atoms with Gasteiger partial charge in [-0.15, -0.1) is 5.10 Å². The summed E-state index contributed by atoms with van der Waals surface area (Å²) in [5.41, 5.74) is 7.67. The minimum absolute atomic E-state index is 0.352. The number of nitrogen functional groups attached to an aromatic ring is 1. The molecule has 5 nitrogen and oxygen atoms in total. The second-order valence-corrected chi connectivity index (χ2v) is 3.76. The van der Waals surface area contributed by atoms with E-state index in [0.29, 0.717) is 22.9 Å². The SMILES string of the molecule is Cc1ccc(C#N)cc1Oc1nn(C)cc1N. The third kappa shape index (κ3) is 2.21. The summed E-state index contributed by atoms with van der Waals surface area (Å²) in [5, 5.41) is 12.9. The Balaban J connectivity index is 2.36. The number of nitriles is 1. The molecule has 0 aliphatic carbocycles. The molecule has 2 rings (SSSR count). The first-order chi connectivity index (χ1) is 8.10.